The molecule has 1 aromatic rings. The Balaban J connectivity index is 3.15. The summed E-state index contributed by atoms with van der Waals surface area (Å²) in [5.74, 6) is 8.12. The summed E-state index contributed by atoms with van der Waals surface area (Å²) >= 11 is 0. The fraction of sp³-hybridized carbons (Fsp3) is 0.714. The first-order valence-corrected chi connectivity index (χ1v) is 6.75. The normalized spacial score (nSPS) is 13.5. The number of hydrogen-bond donors (Lipinski definition) is 2. The van der Waals surface area contributed by atoms with Gasteiger partial charge in [0.15, 0.2) is 0 Å². The maximum Gasteiger partial charge on any atom is 0.145 e. The highest BCUT2D eigenvalue weighted by atomic mass is 15.3. The molecule has 5 heteroatoms. The van der Waals surface area contributed by atoms with Crippen molar-refractivity contribution in [3.05, 3.63) is 11.9 Å². The Bertz CT molecular complexity index is 422. The maximum atomic E-state index is 5.49. The van der Waals surface area contributed by atoms with E-state index in [1.54, 1.807) is 0 Å². The molecule has 0 saturated carbocycles. The molecule has 3 N–H and O–H groups in total. The van der Waals surface area contributed by atoms with Gasteiger partial charge >= 0.3 is 0 Å². The number of nitrogen functional groups attached to an aromatic ring is 1. The lowest BCUT2D eigenvalue weighted by molar-refractivity contribution is 0.328. The van der Waals surface area contributed by atoms with Crippen LogP contribution in [0.2, 0.25) is 0 Å². The molecule has 0 aliphatic carbocycles. The Morgan fingerprint density at radius 2 is 1.79 bits per heavy atom. The minimum absolute atomic E-state index is 0.175. The fourth-order valence-electron chi connectivity index (χ4n) is 1.74. The van der Waals surface area contributed by atoms with Crippen LogP contribution in [-0.4, -0.2) is 23.1 Å². The van der Waals surface area contributed by atoms with Crippen LogP contribution in [0.15, 0.2) is 6.07 Å². The van der Waals surface area contributed by atoms with Gasteiger partial charge in [0.25, 0.3) is 0 Å². The van der Waals surface area contributed by atoms with E-state index in [0.717, 1.165) is 11.6 Å². The Kier molecular flexibility index (Phi) is 4.74. The van der Waals surface area contributed by atoms with Crippen molar-refractivity contribution in [1.82, 2.24) is 9.97 Å². The predicted molar refractivity (Wildman–Crippen MR) is 81.3 cm³/mol. The van der Waals surface area contributed by atoms with Crippen LogP contribution in [-0.2, 0) is 0 Å². The second kappa shape index (κ2) is 5.74. The third kappa shape index (κ3) is 3.80. The number of nitrogens with two attached hydrogens (primary N) is 1. The number of nitrogens with zero attached hydrogens (tertiary/aromatic N) is 3. The molecule has 108 valence electrons. The van der Waals surface area contributed by atoms with Crippen LogP contribution in [0.1, 0.15) is 53.3 Å². The quantitative estimate of drug-likeness (QED) is 0.647. The number of aromatic nitrogens is 2. The van der Waals surface area contributed by atoms with Gasteiger partial charge in [0.1, 0.15) is 17.5 Å². The molecule has 0 aliphatic heterocycles. The molecule has 0 amide bonds. The van der Waals surface area contributed by atoms with Crippen LogP contribution in [0.25, 0.3) is 0 Å². The lowest BCUT2D eigenvalue weighted by Crippen LogP contribution is -2.40. The monoisotopic (exact) mass is 265 g/mol. The van der Waals surface area contributed by atoms with E-state index in [1.807, 2.05) is 6.07 Å². The Hall–Kier alpha value is -1.36. The summed E-state index contributed by atoms with van der Waals surface area (Å²) in [6, 6.07) is 2.24. The van der Waals surface area contributed by atoms with Gasteiger partial charge in [-0.1, -0.05) is 34.6 Å². The summed E-state index contributed by atoms with van der Waals surface area (Å²) < 4.78 is 0. The molecule has 0 aliphatic rings. The highest BCUT2D eigenvalue weighted by Gasteiger charge is 2.25. The molecule has 19 heavy (non-hydrogen) atoms. The van der Waals surface area contributed by atoms with Crippen molar-refractivity contribution < 1.29 is 0 Å². The average Bonchev–Trinajstić information content (AvgIpc) is 2.35. The van der Waals surface area contributed by atoms with Gasteiger partial charge in [0.05, 0.1) is 0 Å². The van der Waals surface area contributed by atoms with E-state index < -0.39 is 0 Å². The number of hydrogen-bond acceptors (Lipinski definition) is 5. The number of rotatable bonds is 4. The van der Waals surface area contributed by atoms with Gasteiger partial charge in [-0.15, -0.1) is 0 Å². The highest BCUT2D eigenvalue weighted by molar-refractivity contribution is 5.49. The molecular weight excluding hydrogens is 238 g/mol. The first-order chi connectivity index (χ1) is 8.66. The van der Waals surface area contributed by atoms with Crippen molar-refractivity contribution in [1.29, 1.82) is 0 Å². The smallest absolute Gasteiger partial charge is 0.145 e. The molecule has 1 rings (SSSR count). The van der Waals surface area contributed by atoms with Crippen LogP contribution in [0.5, 0.6) is 0 Å². The second-order valence-corrected chi connectivity index (χ2v) is 6.42. The van der Waals surface area contributed by atoms with Crippen LogP contribution >= 0.6 is 0 Å². The molecule has 0 saturated heterocycles. The van der Waals surface area contributed by atoms with E-state index in [2.05, 4.69) is 68.9 Å². The molecule has 1 aromatic heterocycles. The van der Waals surface area contributed by atoms with E-state index in [9.17, 15) is 0 Å². The van der Waals surface area contributed by atoms with Crippen LogP contribution in [0.4, 0.5) is 11.6 Å². The van der Waals surface area contributed by atoms with Crippen molar-refractivity contribution in [3.8, 4) is 0 Å². The summed E-state index contributed by atoms with van der Waals surface area (Å²) in [5.41, 5.74) is 2.79. The lowest BCUT2D eigenvalue weighted by atomic mass is 9.87. The zero-order valence-corrected chi connectivity index (χ0v) is 13.2. The van der Waals surface area contributed by atoms with Crippen LogP contribution in [0, 0.1) is 5.41 Å². The van der Waals surface area contributed by atoms with Crippen molar-refractivity contribution in [2.24, 2.45) is 11.3 Å². The summed E-state index contributed by atoms with van der Waals surface area (Å²) in [4.78, 5) is 11.2. The van der Waals surface area contributed by atoms with Gasteiger partial charge in [-0.2, -0.15) is 0 Å². The molecule has 0 spiro atoms. The molecule has 0 aromatic carbocycles. The molecule has 1 unspecified atom stereocenters. The summed E-state index contributed by atoms with van der Waals surface area (Å²) in [7, 11) is 2.06. The second-order valence-electron chi connectivity index (χ2n) is 6.42. The highest BCUT2D eigenvalue weighted by Crippen LogP contribution is 2.27. The molecule has 0 bridgehead atoms. The standard InChI is InChI=1S/C14H27N5/c1-9(2)13-16-11(18-15)8-12(17-13)19(7)10(3)14(4,5)6/h8-10H,15H2,1-7H3,(H,16,17,18). The molecule has 0 radical (unpaired) electrons. The zero-order valence-electron chi connectivity index (χ0n) is 13.2. The van der Waals surface area contributed by atoms with E-state index in [1.165, 1.54) is 0 Å². The van der Waals surface area contributed by atoms with E-state index in [0.29, 0.717) is 11.9 Å². The fourth-order valence-corrected chi connectivity index (χ4v) is 1.74. The molecule has 5 nitrogen and oxygen atoms in total. The lowest BCUT2D eigenvalue weighted by Gasteiger charge is -2.36. The summed E-state index contributed by atoms with van der Waals surface area (Å²) in [6.45, 7) is 13.0. The summed E-state index contributed by atoms with van der Waals surface area (Å²) in [6.07, 6.45) is 0. The zero-order chi connectivity index (χ0) is 14.8. The van der Waals surface area contributed by atoms with Gasteiger partial charge < -0.3 is 10.3 Å². The first-order valence-electron chi connectivity index (χ1n) is 6.75. The maximum absolute atomic E-state index is 5.49. The number of nitrogens with one attached hydrogen (secondary N) is 1. The Morgan fingerprint density at radius 3 is 2.21 bits per heavy atom. The van der Waals surface area contributed by atoms with Gasteiger partial charge in [-0.3, -0.25) is 0 Å². The van der Waals surface area contributed by atoms with E-state index >= 15 is 0 Å². The van der Waals surface area contributed by atoms with Crippen molar-refractivity contribution in [2.75, 3.05) is 17.4 Å². The number of anilines is 2. The van der Waals surface area contributed by atoms with Crippen molar-refractivity contribution in [3.63, 3.8) is 0 Å². The molecule has 0 fully saturated rings. The van der Waals surface area contributed by atoms with E-state index in [4.69, 9.17) is 5.84 Å². The third-order valence-electron chi connectivity index (χ3n) is 3.59. The first kappa shape index (κ1) is 15.7. The van der Waals surface area contributed by atoms with Gasteiger partial charge in [-0.05, 0) is 12.3 Å². The van der Waals surface area contributed by atoms with Gasteiger partial charge in [-0.25, -0.2) is 15.8 Å². The largest absolute Gasteiger partial charge is 0.356 e. The minimum atomic E-state index is 0.175. The topological polar surface area (TPSA) is 67.1 Å². The SMILES string of the molecule is CC(C)c1nc(NN)cc(N(C)C(C)C(C)(C)C)n1. The van der Waals surface area contributed by atoms with Crippen LogP contribution < -0.4 is 16.2 Å². The summed E-state index contributed by atoms with van der Waals surface area (Å²) in [5, 5.41) is 0. The minimum Gasteiger partial charge on any atom is -0.356 e. The predicted octanol–water partition coefficient (Wildman–Crippen LogP) is 2.76. The molecular formula is C14H27N5. The van der Waals surface area contributed by atoms with Crippen molar-refractivity contribution >= 4 is 11.6 Å². The third-order valence-corrected chi connectivity index (χ3v) is 3.59. The Morgan fingerprint density at radius 1 is 1.21 bits per heavy atom. The van der Waals surface area contributed by atoms with Crippen LogP contribution in [0.3, 0.4) is 0 Å². The molecule has 1 heterocycles. The Labute approximate surface area is 116 Å². The van der Waals surface area contributed by atoms with Gasteiger partial charge in [0.2, 0.25) is 0 Å². The average molecular weight is 265 g/mol. The van der Waals surface area contributed by atoms with E-state index in [-0.39, 0.29) is 11.3 Å². The van der Waals surface area contributed by atoms with Crippen molar-refractivity contribution in [2.45, 2.75) is 53.5 Å². The van der Waals surface area contributed by atoms with Gasteiger partial charge in [0, 0.05) is 25.1 Å². The number of hydrazine groups is 1. The molecule has 1 atom stereocenters.